The van der Waals surface area contributed by atoms with Gasteiger partial charge in [0.15, 0.2) is 5.82 Å². The Labute approximate surface area is 131 Å². The Morgan fingerprint density at radius 3 is 2.57 bits per heavy atom. The van der Waals surface area contributed by atoms with E-state index in [0.717, 1.165) is 12.0 Å². The van der Waals surface area contributed by atoms with Gasteiger partial charge in [0.2, 0.25) is 5.91 Å². The molecule has 2 nitrogen and oxygen atoms in total. The monoisotopic (exact) mass is 323 g/mol. The Bertz CT molecular complexity index is 704. The van der Waals surface area contributed by atoms with Crippen molar-refractivity contribution >= 4 is 34.8 Å². The summed E-state index contributed by atoms with van der Waals surface area (Å²) in [4.78, 5) is 12.2. The van der Waals surface area contributed by atoms with E-state index in [1.807, 2.05) is 18.2 Å². The summed E-state index contributed by atoms with van der Waals surface area (Å²) < 4.78 is 13.8. The maximum atomic E-state index is 13.8. The van der Waals surface area contributed by atoms with Crippen molar-refractivity contribution < 1.29 is 9.18 Å². The number of carbonyl (C=O) groups is 1. The van der Waals surface area contributed by atoms with Gasteiger partial charge in [0, 0.05) is 10.9 Å². The normalized spacial score (nSPS) is 20.1. The third-order valence-corrected chi connectivity index (χ3v) is 4.28. The summed E-state index contributed by atoms with van der Waals surface area (Å²) in [6, 6.07) is 12.0. The lowest BCUT2D eigenvalue weighted by atomic mass is 10.1. The molecule has 1 N–H and O–H groups in total. The Kier molecular flexibility index (Phi) is 3.87. The molecule has 1 aliphatic rings. The molecule has 2 aromatic carbocycles. The van der Waals surface area contributed by atoms with E-state index in [-0.39, 0.29) is 28.5 Å². The predicted molar refractivity (Wildman–Crippen MR) is 82.3 cm³/mol. The van der Waals surface area contributed by atoms with Crippen LogP contribution < -0.4 is 5.32 Å². The van der Waals surface area contributed by atoms with E-state index in [0.29, 0.717) is 5.02 Å². The van der Waals surface area contributed by atoms with Gasteiger partial charge in [-0.15, -0.1) is 0 Å². The second-order valence-corrected chi connectivity index (χ2v) is 5.88. The zero-order chi connectivity index (χ0) is 15.0. The highest BCUT2D eigenvalue weighted by Gasteiger charge is 2.44. The van der Waals surface area contributed by atoms with Crippen LogP contribution in [0.5, 0.6) is 0 Å². The molecule has 2 unspecified atom stereocenters. The Morgan fingerprint density at radius 1 is 1.10 bits per heavy atom. The average Bonchev–Trinajstić information content (AvgIpc) is 3.25. The molecule has 1 saturated carbocycles. The minimum atomic E-state index is -0.609. The second kappa shape index (κ2) is 5.66. The van der Waals surface area contributed by atoms with E-state index in [4.69, 9.17) is 23.2 Å². The first kappa shape index (κ1) is 14.4. The molecule has 0 radical (unpaired) electrons. The van der Waals surface area contributed by atoms with Crippen molar-refractivity contribution in [2.24, 2.45) is 5.92 Å². The second-order valence-electron chi connectivity index (χ2n) is 5.06. The van der Waals surface area contributed by atoms with Gasteiger partial charge in [-0.2, -0.15) is 0 Å². The molecule has 0 bridgehead atoms. The zero-order valence-corrected chi connectivity index (χ0v) is 12.5. The van der Waals surface area contributed by atoms with Crippen LogP contribution >= 0.6 is 23.2 Å². The number of halogens is 3. The van der Waals surface area contributed by atoms with Gasteiger partial charge in [-0.05, 0) is 36.1 Å². The van der Waals surface area contributed by atoms with Crippen LogP contribution in [-0.4, -0.2) is 5.91 Å². The number of nitrogens with one attached hydrogen (secondary N) is 1. The molecule has 2 atom stereocenters. The van der Waals surface area contributed by atoms with Gasteiger partial charge in [-0.25, -0.2) is 4.39 Å². The molecule has 2 aromatic rings. The largest absolute Gasteiger partial charge is 0.323 e. The van der Waals surface area contributed by atoms with Crippen molar-refractivity contribution in [3.8, 4) is 0 Å². The number of hydrogen-bond acceptors (Lipinski definition) is 1. The number of rotatable bonds is 3. The summed E-state index contributed by atoms with van der Waals surface area (Å²) in [7, 11) is 0. The van der Waals surface area contributed by atoms with E-state index >= 15 is 0 Å². The van der Waals surface area contributed by atoms with Crippen LogP contribution in [0.15, 0.2) is 42.5 Å². The molecular formula is C16H12Cl2FNO. The van der Waals surface area contributed by atoms with Gasteiger partial charge in [-0.3, -0.25) is 4.79 Å². The minimum absolute atomic E-state index is 0.00810. The molecular weight excluding hydrogens is 312 g/mol. The summed E-state index contributed by atoms with van der Waals surface area (Å²) in [5.41, 5.74) is 1.07. The summed E-state index contributed by atoms with van der Waals surface area (Å²) in [6.45, 7) is 0. The van der Waals surface area contributed by atoms with Gasteiger partial charge in [-0.1, -0.05) is 47.5 Å². The van der Waals surface area contributed by atoms with Gasteiger partial charge < -0.3 is 5.32 Å². The van der Waals surface area contributed by atoms with Crippen LogP contribution in [0, 0.1) is 11.7 Å². The number of carbonyl (C=O) groups excluding carboxylic acids is 1. The summed E-state index contributed by atoms with van der Waals surface area (Å²) >= 11 is 11.8. The van der Waals surface area contributed by atoms with E-state index in [9.17, 15) is 9.18 Å². The number of hydrogen-bond donors (Lipinski definition) is 1. The Hall–Kier alpha value is -1.58. The first-order valence-corrected chi connectivity index (χ1v) is 7.33. The fraction of sp³-hybridized carbons (Fsp3) is 0.188. The lowest BCUT2D eigenvalue weighted by Crippen LogP contribution is -2.15. The van der Waals surface area contributed by atoms with Crippen molar-refractivity contribution in [2.75, 3.05) is 5.32 Å². The molecule has 108 valence electrons. The highest BCUT2D eigenvalue weighted by atomic mass is 35.5. The maximum absolute atomic E-state index is 13.8. The van der Waals surface area contributed by atoms with Crippen LogP contribution in [0.1, 0.15) is 17.9 Å². The van der Waals surface area contributed by atoms with E-state index in [1.54, 1.807) is 12.1 Å². The quantitative estimate of drug-likeness (QED) is 0.857. The first-order valence-electron chi connectivity index (χ1n) is 6.57. The van der Waals surface area contributed by atoms with Crippen molar-refractivity contribution in [1.82, 2.24) is 0 Å². The molecule has 0 aromatic heterocycles. The van der Waals surface area contributed by atoms with Gasteiger partial charge in [0.25, 0.3) is 0 Å². The molecule has 3 rings (SSSR count). The van der Waals surface area contributed by atoms with Gasteiger partial charge >= 0.3 is 0 Å². The molecule has 0 saturated heterocycles. The Morgan fingerprint density at radius 2 is 1.81 bits per heavy atom. The molecule has 5 heteroatoms. The third-order valence-electron chi connectivity index (χ3n) is 3.64. The zero-order valence-electron chi connectivity index (χ0n) is 10.9. The highest BCUT2D eigenvalue weighted by molar-refractivity contribution is 6.31. The van der Waals surface area contributed by atoms with E-state index < -0.39 is 5.82 Å². The van der Waals surface area contributed by atoms with Crippen LogP contribution in [0.2, 0.25) is 10.0 Å². The lowest BCUT2D eigenvalue weighted by Gasteiger charge is -2.07. The fourth-order valence-electron chi connectivity index (χ4n) is 2.43. The predicted octanol–water partition coefficient (Wildman–Crippen LogP) is 4.87. The van der Waals surface area contributed by atoms with E-state index in [2.05, 4.69) is 5.32 Å². The smallest absolute Gasteiger partial charge is 0.228 e. The number of benzene rings is 2. The molecule has 0 heterocycles. The van der Waals surface area contributed by atoms with Crippen molar-refractivity contribution in [2.45, 2.75) is 12.3 Å². The average molecular weight is 324 g/mol. The van der Waals surface area contributed by atoms with Crippen molar-refractivity contribution in [3.63, 3.8) is 0 Å². The highest BCUT2D eigenvalue weighted by Crippen LogP contribution is 2.50. The van der Waals surface area contributed by atoms with E-state index in [1.165, 1.54) is 12.1 Å². The van der Waals surface area contributed by atoms with Gasteiger partial charge in [0.1, 0.15) is 0 Å². The number of amides is 1. The van der Waals surface area contributed by atoms with Crippen LogP contribution in [0.3, 0.4) is 0 Å². The summed E-state index contributed by atoms with van der Waals surface area (Å²) in [5.74, 6) is -0.896. The molecule has 0 spiro atoms. The molecule has 1 amide bonds. The topological polar surface area (TPSA) is 29.1 Å². The molecule has 1 fully saturated rings. The number of anilines is 1. The standard InChI is InChI=1S/C16H12Cl2FNO/c17-12-5-2-1-4-9(12)10-8-11(10)16(21)20-14-7-3-6-13(18)15(14)19/h1-7,10-11H,8H2,(H,20,21). The SMILES string of the molecule is O=C(Nc1cccc(Cl)c1F)C1CC1c1ccccc1Cl. The van der Waals surface area contributed by atoms with Gasteiger partial charge in [0.05, 0.1) is 10.7 Å². The van der Waals surface area contributed by atoms with Crippen LogP contribution in [0.25, 0.3) is 0 Å². The molecule has 21 heavy (non-hydrogen) atoms. The third kappa shape index (κ3) is 2.89. The summed E-state index contributed by atoms with van der Waals surface area (Å²) in [6.07, 6.45) is 0.720. The Balaban J connectivity index is 1.71. The fourth-order valence-corrected chi connectivity index (χ4v) is 2.88. The molecule has 0 aliphatic heterocycles. The lowest BCUT2D eigenvalue weighted by molar-refractivity contribution is -0.117. The van der Waals surface area contributed by atoms with Crippen molar-refractivity contribution in [1.29, 1.82) is 0 Å². The minimum Gasteiger partial charge on any atom is -0.323 e. The van der Waals surface area contributed by atoms with Crippen LogP contribution in [0.4, 0.5) is 10.1 Å². The van der Waals surface area contributed by atoms with Crippen molar-refractivity contribution in [3.05, 3.63) is 63.9 Å². The molecule has 1 aliphatic carbocycles. The maximum Gasteiger partial charge on any atom is 0.228 e. The first-order chi connectivity index (χ1) is 10.1. The van der Waals surface area contributed by atoms with Crippen LogP contribution in [-0.2, 0) is 4.79 Å². The summed E-state index contributed by atoms with van der Waals surface area (Å²) in [5, 5.41) is 3.24.